The van der Waals surface area contributed by atoms with Crippen molar-refractivity contribution in [3.05, 3.63) is 29.8 Å². The molecule has 92 valence electrons. The van der Waals surface area contributed by atoms with Gasteiger partial charge in [0.15, 0.2) is 0 Å². The molecule has 1 unspecified atom stereocenters. The van der Waals surface area contributed by atoms with Gasteiger partial charge in [0, 0.05) is 5.56 Å². The standard InChI is InChI=1S/C12H15NO4/c1-3-10(12(15)16)13-11(14)8-5-4-6-9(7-8)17-2/h4-7,10H,3H2,1-2H3,(H,13,14)(H,15,16). The van der Waals surface area contributed by atoms with Crippen LogP contribution < -0.4 is 10.1 Å². The number of aliphatic carboxylic acids is 1. The van der Waals surface area contributed by atoms with E-state index in [1.807, 2.05) is 0 Å². The molecule has 0 aromatic heterocycles. The summed E-state index contributed by atoms with van der Waals surface area (Å²) in [5, 5.41) is 11.3. The number of benzene rings is 1. The minimum atomic E-state index is -1.04. The van der Waals surface area contributed by atoms with Crippen LogP contribution >= 0.6 is 0 Å². The number of rotatable bonds is 5. The van der Waals surface area contributed by atoms with E-state index in [0.29, 0.717) is 17.7 Å². The van der Waals surface area contributed by atoms with E-state index in [9.17, 15) is 9.59 Å². The highest BCUT2D eigenvalue weighted by atomic mass is 16.5. The normalized spacial score (nSPS) is 11.6. The smallest absolute Gasteiger partial charge is 0.326 e. The van der Waals surface area contributed by atoms with Crippen LogP contribution in [0, 0.1) is 0 Å². The number of hydrogen-bond acceptors (Lipinski definition) is 3. The van der Waals surface area contributed by atoms with Crippen molar-refractivity contribution in [2.24, 2.45) is 0 Å². The molecule has 0 bridgehead atoms. The van der Waals surface area contributed by atoms with E-state index in [1.54, 1.807) is 31.2 Å². The van der Waals surface area contributed by atoms with Gasteiger partial charge in [-0.2, -0.15) is 0 Å². The second-order valence-electron chi connectivity index (χ2n) is 3.50. The lowest BCUT2D eigenvalue weighted by atomic mass is 10.1. The molecule has 0 fully saturated rings. The largest absolute Gasteiger partial charge is 0.497 e. The Hall–Kier alpha value is -2.04. The zero-order valence-electron chi connectivity index (χ0n) is 9.77. The SMILES string of the molecule is CCC(NC(=O)c1cccc(OC)c1)C(=O)O. The van der Waals surface area contributed by atoms with Gasteiger partial charge in [0.25, 0.3) is 5.91 Å². The van der Waals surface area contributed by atoms with E-state index in [4.69, 9.17) is 9.84 Å². The first kappa shape index (κ1) is 13.0. The Labute approximate surface area is 99.4 Å². The van der Waals surface area contributed by atoms with Crippen molar-refractivity contribution in [2.45, 2.75) is 19.4 Å². The third-order valence-corrected chi connectivity index (χ3v) is 2.34. The first-order valence-electron chi connectivity index (χ1n) is 5.26. The first-order valence-corrected chi connectivity index (χ1v) is 5.26. The zero-order valence-corrected chi connectivity index (χ0v) is 9.77. The lowest BCUT2D eigenvalue weighted by Gasteiger charge is -2.12. The number of nitrogens with one attached hydrogen (secondary N) is 1. The van der Waals surface area contributed by atoms with Crippen molar-refractivity contribution in [3.8, 4) is 5.75 Å². The van der Waals surface area contributed by atoms with Gasteiger partial charge in [0.2, 0.25) is 0 Å². The number of carboxylic acids is 1. The lowest BCUT2D eigenvalue weighted by molar-refractivity contribution is -0.139. The lowest BCUT2D eigenvalue weighted by Crippen LogP contribution is -2.40. The molecule has 1 aromatic rings. The zero-order chi connectivity index (χ0) is 12.8. The van der Waals surface area contributed by atoms with Crippen LogP contribution in [0.2, 0.25) is 0 Å². The molecular formula is C12H15NO4. The van der Waals surface area contributed by atoms with Gasteiger partial charge in [-0.1, -0.05) is 13.0 Å². The van der Waals surface area contributed by atoms with Crippen molar-refractivity contribution < 1.29 is 19.4 Å². The van der Waals surface area contributed by atoms with E-state index >= 15 is 0 Å². The number of carbonyl (C=O) groups excluding carboxylic acids is 1. The average Bonchev–Trinajstić information content (AvgIpc) is 2.35. The molecule has 1 amide bonds. The summed E-state index contributed by atoms with van der Waals surface area (Å²) in [4.78, 5) is 22.5. The van der Waals surface area contributed by atoms with Gasteiger partial charge in [-0.3, -0.25) is 4.79 Å². The minimum Gasteiger partial charge on any atom is -0.497 e. The molecule has 0 aliphatic carbocycles. The van der Waals surface area contributed by atoms with Crippen LogP contribution in [0.25, 0.3) is 0 Å². The molecular weight excluding hydrogens is 222 g/mol. The monoisotopic (exact) mass is 237 g/mol. The van der Waals surface area contributed by atoms with E-state index in [-0.39, 0.29) is 0 Å². The number of carbonyl (C=O) groups is 2. The Kier molecular flexibility index (Phi) is 4.51. The molecule has 1 atom stereocenters. The molecule has 0 aliphatic heterocycles. The van der Waals surface area contributed by atoms with Crippen LogP contribution in [-0.4, -0.2) is 30.1 Å². The Morgan fingerprint density at radius 1 is 1.47 bits per heavy atom. The van der Waals surface area contributed by atoms with Crippen LogP contribution in [0.4, 0.5) is 0 Å². The molecule has 0 radical (unpaired) electrons. The Bertz CT molecular complexity index is 417. The van der Waals surface area contributed by atoms with E-state index < -0.39 is 17.9 Å². The van der Waals surface area contributed by atoms with Gasteiger partial charge < -0.3 is 15.2 Å². The summed E-state index contributed by atoms with van der Waals surface area (Å²) in [6.07, 6.45) is 0.338. The van der Waals surface area contributed by atoms with Crippen LogP contribution in [-0.2, 0) is 4.79 Å². The molecule has 5 nitrogen and oxygen atoms in total. The number of hydrogen-bond donors (Lipinski definition) is 2. The second kappa shape index (κ2) is 5.89. The number of methoxy groups -OCH3 is 1. The maximum Gasteiger partial charge on any atom is 0.326 e. The highest BCUT2D eigenvalue weighted by Crippen LogP contribution is 2.12. The summed E-state index contributed by atoms with van der Waals surface area (Å²) in [7, 11) is 1.50. The van der Waals surface area contributed by atoms with Crippen LogP contribution in [0.5, 0.6) is 5.75 Å². The average molecular weight is 237 g/mol. The van der Waals surface area contributed by atoms with Gasteiger partial charge in [0.05, 0.1) is 7.11 Å². The summed E-state index contributed by atoms with van der Waals surface area (Å²) in [6.45, 7) is 1.70. The predicted molar refractivity (Wildman–Crippen MR) is 62.2 cm³/mol. The van der Waals surface area contributed by atoms with Gasteiger partial charge in [0.1, 0.15) is 11.8 Å². The number of amides is 1. The molecule has 0 heterocycles. The molecule has 0 saturated carbocycles. The molecule has 0 spiro atoms. The molecule has 0 saturated heterocycles. The quantitative estimate of drug-likeness (QED) is 0.809. The van der Waals surface area contributed by atoms with Crippen molar-refractivity contribution in [1.29, 1.82) is 0 Å². The fourth-order valence-corrected chi connectivity index (χ4v) is 1.34. The topological polar surface area (TPSA) is 75.6 Å². The molecule has 0 aliphatic rings. The van der Waals surface area contributed by atoms with Crippen LogP contribution in [0.3, 0.4) is 0 Å². The van der Waals surface area contributed by atoms with Gasteiger partial charge in [-0.05, 0) is 24.6 Å². The third kappa shape index (κ3) is 3.48. The fourth-order valence-electron chi connectivity index (χ4n) is 1.34. The van der Waals surface area contributed by atoms with Crippen molar-refractivity contribution in [1.82, 2.24) is 5.32 Å². The summed E-state index contributed by atoms with van der Waals surface area (Å²) >= 11 is 0. The minimum absolute atomic E-state index is 0.338. The number of ether oxygens (including phenoxy) is 1. The maximum absolute atomic E-state index is 11.8. The predicted octanol–water partition coefficient (Wildman–Crippen LogP) is 1.29. The van der Waals surface area contributed by atoms with E-state index in [1.165, 1.54) is 7.11 Å². The summed E-state index contributed by atoms with van der Waals surface area (Å²) < 4.78 is 4.99. The van der Waals surface area contributed by atoms with E-state index in [0.717, 1.165) is 0 Å². The molecule has 1 aromatic carbocycles. The van der Waals surface area contributed by atoms with Crippen LogP contribution in [0.15, 0.2) is 24.3 Å². The highest BCUT2D eigenvalue weighted by molar-refractivity contribution is 5.96. The molecule has 2 N–H and O–H groups in total. The van der Waals surface area contributed by atoms with Crippen molar-refractivity contribution in [3.63, 3.8) is 0 Å². The molecule has 5 heteroatoms. The number of carboxylic acid groups (broad SMARTS) is 1. The third-order valence-electron chi connectivity index (χ3n) is 2.34. The Morgan fingerprint density at radius 3 is 2.71 bits per heavy atom. The van der Waals surface area contributed by atoms with Gasteiger partial charge in [-0.15, -0.1) is 0 Å². The molecule has 1 rings (SSSR count). The molecule has 17 heavy (non-hydrogen) atoms. The Morgan fingerprint density at radius 2 is 2.18 bits per heavy atom. The van der Waals surface area contributed by atoms with E-state index in [2.05, 4.69) is 5.32 Å². The van der Waals surface area contributed by atoms with Crippen molar-refractivity contribution in [2.75, 3.05) is 7.11 Å². The summed E-state index contributed by atoms with van der Waals surface area (Å²) in [5.74, 6) is -0.900. The summed E-state index contributed by atoms with van der Waals surface area (Å²) in [5.41, 5.74) is 0.379. The second-order valence-corrected chi connectivity index (χ2v) is 3.50. The fraction of sp³-hybridized carbons (Fsp3) is 0.333. The van der Waals surface area contributed by atoms with Crippen molar-refractivity contribution >= 4 is 11.9 Å². The summed E-state index contributed by atoms with van der Waals surface area (Å²) in [6, 6.07) is 5.69. The maximum atomic E-state index is 11.8. The highest BCUT2D eigenvalue weighted by Gasteiger charge is 2.18. The van der Waals surface area contributed by atoms with Crippen LogP contribution in [0.1, 0.15) is 23.7 Å². The first-order chi connectivity index (χ1) is 8.08. The van der Waals surface area contributed by atoms with Gasteiger partial charge >= 0.3 is 5.97 Å². The van der Waals surface area contributed by atoms with Gasteiger partial charge in [-0.25, -0.2) is 4.79 Å². The Balaban J connectivity index is 2.78.